The van der Waals surface area contributed by atoms with Crippen LogP contribution in [0.25, 0.3) is 5.57 Å². The van der Waals surface area contributed by atoms with Crippen LogP contribution in [-0.2, 0) is 14.5 Å². The van der Waals surface area contributed by atoms with Crippen molar-refractivity contribution in [2.45, 2.75) is 50.4 Å². The van der Waals surface area contributed by atoms with Crippen LogP contribution in [0.4, 0.5) is 0 Å². The highest BCUT2D eigenvalue weighted by atomic mass is 35.5. The summed E-state index contributed by atoms with van der Waals surface area (Å²) in [5, 5.41) is 0.727. The van der Waals surface area contributed by atoms with Crippen LogP contribution in [-0.4, -0.2) is 18.5 Å². The molecule has 5 aliphatic rings. The second kappa shape index (κ2) is 6.09. The molecule has 0 radical (unpaired) electrons. The van der Waals surface area contributed by atoms with E-state index in [2.05, 4.69) is 6.58 Å². The molecule has 0 N–H and O–H groups in total. The molecule has 4 saturated carbocycles. The summed E-state index contributed by atoms with van der Waals surface area (Å²) in [4.78, 5) is 12.1. The van der Waals surface area contributed by atoms with E-state index in [1.165, 1.54) is 32.1 Å². The van der Waals surface area contributed by atoms with E-state index >= 15 is 0 Å². The van der Waals surface area contributed by atoms with Gasteiger partial charge in [0.1, 0.15) is 6.10 Å². The predicted molar refractivity (Wildman–Crippen MR) is 96.8 cm³/mol. The number of ether oxygens (including phenoxy) is 1. The van der Waals surface area contributed by atoms with Gasteiger partial charge >= 0.3 is 0 Å². The van der Waals surface area contributed by atoms with Crippen molar-refractivity contribution < 1.29 is 14.5 Å². The lowest BCUT2D eigenvalue weighted by molar-refractivity contribution is -0.469. The van der Waals surface area contributed by atoms with E-state index in [4.69, 9.17) is 26.1 Å². The van der Waals surface area contributed by atoms with Crippen LogP contribution in [0.15, 0.2) is 30.8 Å². The Hall–Kier alpha value is -0.870. The SMILES string of the molecule is C=C(c1ccc(Cl)cc1)C1CCOC2(OO1)C1CC3CC(C1)CC2C3. The zero-order chi connectivity index (χ0) is 17.0. The van der Waals surface area contributed by atoms with E-state index in [-0.39, 0.29) is 6.10 Å². The van der Waals surface area contributed by atoms with Crippen molar-refractivity contribution in [3.63, 3.8) is 0 Å². The van der Waals surface area contributed by atoms with Gasteiger partial charge in [-0.2, -0.15) is 4.89 Å². The molecule has 0 amide bonds. The Morgan fingerprint density at radius 1 is 1.00 bits per heavy atom. The van der Waals surface area contributed by atoms with E-state index in [1.54, 1.807) is 0 Å². The molecule has 1 heterocycles. The molecule has 1 aliphatic heterocycles. The Kier molecular flexibility index (Phi) is 3.97. The number of benzene rings is 1. The molecule has 1 aromatic rings. The average molecular weight is 361 g/mol. The summed E-state index contributed by atoms with van der Waals surface area (Å²) >= 11 is 5.99. The van der Waals surface area contributed by atoms with Crippen molar-refractivity contribution >= 4 is 17.2 Å². The number of hydrogen-bond acceptors (Lipinski definition) is 3. The molecule has 25 heavy (non-hydrogen) atoms. The minimum atomic E-state index is -0.511. The molecule has 4 aliphatic carbocycles. The normalized spacial score (nSPS) is 42.5. The molecule has 4 bridgehead atoms. The third-order valence-corrected chi connectivity index (χ3v) is 7.13. The minimum Gasteiger partial charge on any atom is -0.347 e. The van der Waals surface area contributed by atoms with E-state index in [9.17, 15) is 0 Å². The van der Waals surface area contributed by atoms with Crippen LogP contribution in [0, 0.1) is 23.7 Å². The summed E-state index contributed by atoms with van der Waals surface area (Å²) in [5.74, 6) is 2.23. The van der Waals surface area contributed by atoms with Gasteiger partial charge in [0, 0.05) is 23.3 Å². The van der Waals surface area contributed by atoms with Gasteiger partial charge in [0.05, 0.1) is 6.61 Å². The van der Waals surface area contributed by atoms with Crippen LogP contribution in [0.1, 0.15) is 44.1 Å². The lowest BCUT2D eigenvalue weighted by atomic mass is 9.53. The van der Waals surface area contributed by atoms with Crippen molar-refractivity contribution in [2.24, 2.45) is 23.7 Å². The maximum absolute atomic E-state index is 6.39. The van der Waals surface area contributed by atoms with Crippen LogP contribution in [0.3, 0.4) is 0 Å². The Morgan fingerprint density at radius 2 is 1.64 bits per heavy atom. The van der Waals surface area contributed by atoms with Gasteiger partial charge in [0.25, 0.3) is 0 Å². The Balaban J connectivity index is 1.34. The van der Waals surface area contributed by atoms with Gasteiger partial charge in [0.2, 0.25) is 5.79 Å². The molecule has 1 atom stereocenters. The topological polar surface area (TPSA) is 27.7 Å². The zero-order valence-corrected chi connectivity index (χ0v) is 15.2. The number of halogens is 1. The van der Waals surface area contributed by atoms with Crippen molar-refractivity contribution in [3.05, 3.63) is 41.4 Å². The van der Waals surface area contributed by atoms with Crippen molar-refractivity contribution in [1.82, 2.24) is 0 Å². The zero-order valence-electron chi connectivity index (χ0n) is 14.5. The van der Waals surface area contributed by atoms with Gasteiger partial charge in [-0.1, -0.05) is 30.3 Å². The molecular weight excluding hydrogens is 336 g/mol. The molecule has 5 fully saturated rings. The van der Waals surface area contributed by atoms with Crippen LogP contribution >= 0.6 is 11.6 Å². The lowest BCUT2D eigenvalue weighted by Gasteiger charge is -2.58. The minimum absolute atomic E-state index is 0.169. The molecule has 134 valence electrons. The van der Waals surface area contributed by atoms with E-state index in [1.807, 2.05) is 24.3 Å². The highest BCUT2D eigenvalue weighted by Crippen LogP contribution is 2.60. The fourth-order valence-corrected chi connectivity index (χ4v) is 5.95. The first-order valence-electron chi connectivity index (χ1n) is 9.57. The highest BCUT2D eigenvalue weighted by Gasteiger charge is 2.61. The van der Waals surface area contributed by atoms with Gasteiger partial charge in [-0.05, 0) is 67.2 Å². The van der Waals surface area contributed by atoms with Gasteiger partial charge in [-0.25, -0.2) is 4.89 Å². The van der Waals surface area contributed by atoms with E-state index in [0.717, 1.165) is 34.4 Å². The van der Waals surface area contributed by atoms with Gasteiger partial charge in [0.15, 0.2) is 0 Å². The Morgan fingerprint density at radius 3 is 2.28 bits per heavy atom. The standard InChI is InChI=1S/C21H25ClO3/c1-13(16-2-4-19(22)5-3-16)20-6-7-23-21(25-24-20)17-9-14-8-15(11-17)12-18(21)10-14/h2-5,14-15,17-18,20H,1,6-12H2. The van der Waals surface area contributed by atoms with Crippen molar-refractivity contribution in [2.75, 3.05) is 6.61 Å². The first-order valence-corrected chi connectivity index (χ1v) is 9.95. The third kappa shape index (κ3) is 2.68. The molecule has 1 spiro atoms. The fourth-order valence-electron chi connectivity index (χ4n) is 5.83. The largest absolute Gasteiger partial charge is 0.347 e. The summed E-state index contributed by atoms with van der Waals surface area (Å²) in [6.07, 6.45) is 6.96. The quantitative estimate of drug-likeness (QED) is 0.675. The maximum atomic E-state index is 6.39. The molecule has 1 saturated heterocycles. The van der Waals surface area contributed by atoms with Crippen LogP contribution < -0.4 is 0 Å². The summed E-state index contributed by atoms with van der Waals surface area (Å²) in [7, 11) is 0. The molecule has 0 aromatic heterocycles. The molecule has 1 unspecified atom stereocenters. The van der Waals surface area contributed by atoms with Gasteiger partial charge in [-0.15, -0.1) is 0 Å². The number of rotatable bonds is 2. The van der Waals surface area contributed by atoms with E-state index < -0.39 is 5.79 Å². The molecule has 6 rings (SSSR count). The average Bonchev–Trinajstić information content (AvgIpc) is 2.83. The summed E-state index contributed by atoms with van der Waals surface area (Å²) in [6, 6.07) is 7.74. The van der Waals surface area contributed by atoms with E-state index in [0.29, 0.717) is 18.4 Å². The third-order valence-electron chi connectivity index (χ3n) is 6.88. The summed E-state index contributed by atoms with van der Waals surface area (Å²) < 4.78 is 6.39. The Labute approximate surface area is 154 Å². The lowest BCUT2D eigenvalue weighted by Crippen LogP contribution is -2.60. The Bertz CT molecular complexity index is 640. The van der Waals surface area contributed by atoms with Crippen LogP contribution in [0.5, 0.6) is 0 Å². The first kappa shape index (κ1) is 16.3. The molecule has 1 aromatic carbocycles. The molecule has 3 nitrogen and oxygen atoms in total. The summed E-state index contributed by atoms with van der Waals surface area (Å²) in [5.41, 5.74) is 1.97. The van der Waals surface area contributed by atoms with Crippen molar-refractivity contribution in [3.8, 4) is 0 Å². The second-order valence-electron chi connectivity index (χ2n) is 8.36. The molecule has 4 heteroatoms. The first-order chi connectivity index (χ1) is 12.1. The highest BCUT2D eigenvalue weighted by molar-refractivity contribution is 6.30. The fraction of sp³-hybridized carbons (Fsp3) is 0.619. The van der Waals surface area contributed by atoms with Crippen LogP contribution in [0.2, 0.25) is 5.02 Å². The number of hydrogen-bond donors (Lipinski definition) is 0. The second-order valence-corrected chi connectivity index (χ2v) is 8.80. The monoisotopic (exact) mass is 360 g/mol. The predicted octanol–water partition coefficient (Wildman–Crippen LogP) is 5.24. The smallest absolute Gasteiger partial charge is 0.207 e. The molecular formula is C21H25ClO3. The van der Waals surface area contributed by atoms with Gasteiger partial charge in [-0.3, -0.25) is 0 Å². The maximum Gasteiger partial charge on any atom is 0.207 e. The van der Waals surface area contributed by atoms with Gasteiger partial charge < -0.3 is 4.74 Å². The van der Waals surface area contributed by atoms with Crippen molar-refractivity contribution in [1.29, 1.82) is 0 Å². The summed E-state index contributed by atoms with van der Waals surface area (Å²) in [6.45, 7) is 4.91.